The highest BCUT2D eigenvalue weighted by Gasteiger charge is 2.20. The Morgan fingerprint density at radius 1 is 0.939 bits per heavy atom. The fourth-order valence-corrected chi connectivity index (χ4v) is 5.10. The van der Waals surface area contributed by atoms with Gasteiger partial charge >= 0.3 is 0 Å². The Bertz CT molecular complexity index is 1150. The normalized spacial score (nSPS) is 14.5. The SMILES string of the molecule is CCCNS(=O)(=O)c1ccc(-c2cc3ccccc3c(N3CCN(CC)CC3)n2)cc1.Cl.Cl. The number of piperazine rings is 1. The van der Waals surface area contributed by atoms with Gasteiger partial charge in [0.1, 0.15) is 5.82 Å². The molecule has 0 atom stereocenters. The Labute approximate surface area is 209 Å². The highest BCUT2D eigenvalue weighted by atomic mass is 35.5. The minimum Gasteiger partial charge on any atom is -0.354 e. The fourth-order valence-electron chi connectivity index (χ4n) is 3.97. The number of sulfonamides is 1. The molecule has 0 radical (unpaired) electrons. The summed E-state index contributed by atoms with van der Waals surface area (Å²) in [6, 6.07) is 17.4. The van der Waals surface area contributed by atoms with Crippen LogP contribution in [0.15, 0.2) is 59.5 Å². The molecule has 0 spiro atoms. The van der Waals surface area contributed by atoms with Gasteiger partial charge in [-0.25, -0.2) is 18.1 Å². The molecule has 9 heteroatoms. The first-order valence-corrected chi connectivity index (χ1v) is 12.5. The molecule has 180 valence electrons. The van der Waals surface area contributed by atoms with Gasteiger partial charge in [-0.1, -0.05) is 50.2 Å². The number of nitrogens with zero attached hydrogens (tertiary/aromatic N) is 3. The second kappa shape index (κ2) is 12.0. The number of halogens is 2. The first-order valence-electron chi connectivity index (χ1n) is 11.0. The van der Waals surface area contributed by atoms with Crippen LogP contribution < -0.4 is 9.62 Å². The molecule has 0 amide bonds. The van der Waals surface area contributed by atoms with Crippen molar-refractivity contribution in [1.29, 1.82) is 0 Å². The van der Waals surface area contributed by atoms with Crippen molar-refractivity contribution >= 4 is 51.4 Å². The maximum absolute atomic E-state index is 12.4. The third-order valence-electron chi connectivity index (χ3n) is 5.84. The molecule has 1 aromatic heterocycles. The lowest BCUT2D eigenvalue weighted by Crippen LogP contribution is -2.46. The average Bonchev–Trinajstić information content (AvgIpc) is 2.82. The van der Waals surface area contributed by atoms with Crippen molar-refractivity contribution in [1.82, 2.24) is 14.6 Å². The van der Waals surface area contributed by atoms with E-state index >= 15 is 0 Å². The summed E-state index contributed by atoms with van der Waals surface area (Å²) < 4.78 is 27.4. The molecule has 2 aromatic carbocycles. The summed E-state index contributed by atoms with van der Waals surface area (Å²) in [5.41, 5.74) is 1.77. The molecule has 1 aliphatic heterocycles. The number of nitrogens with one attached hydrogen (secondary N) is 1. The number of hydrogen-bond donors (Lipinski definition) is 1. The average molecular weight is 512 g/mol. The van der Waals surface area contributed by atoms with Crippen molar-refractivity contribution in [2.75, 3.05) is 44.2 Å². The van der Waals surface area contributed by atoms with Crippen molar-refractivity contribution in [2.45, 2.75) is 25.2 Å². The van der Waals surface area contributed by atoms with Gasteiger partial charge in [0, 0.05) is 43.7 Å². The van der Waals surface area contributed by atoms with Gasteiger partial charge in [0.2, 0.25) is 10.0 Å². The molecule has 0 bridgehead atoms. The molecule has 2 heterocycles. The number of rotatable bonds is 7. The van der Waals surface area contributed by atoms with E-state index in [2.05, 4.69) is 45.7 Å². The second-order valence-electron chi connectivity index (χ2n) is 7.90. The quantitative estimate of drug-likeness (QED) is 0.503. The highest BCUT2D eigenvalue weighted by Crippen LogP contribution is 2.31. The summed E-state index contributed by atoms with van der Waals surface area (Å²) in [6.45, 7) is 9.63. The van der Waals surface area contributed by atoms with Gasteiger partial charge in [0.25, 0.3) is 0 Å². The van der Waals surface area contributed by atoms with Crippen LogP contribution in [0.25, 0.3) is 22.0 Å². The number of anilines is 1. The number of fused-ring (bicyclic) bond motifs is 1. The van der Waals surface area contributed by atoms with Crippen LogP contribution in [0, 0.1) is 0 Å². The molecule has 0 unspecified atom stereocenters. The molecular weight excluding hydrogens is 479 g/mol. The number of pyridine rings is 1. The van der Waals surface area contributed by atoms with Crippen molar-refractivity contribution in [3.8, 4) is 11.3 Å². The summed E-state index contributed by atoms with van der Waals surface area (Å²) in [7, 11) is -3.47. The van der Waals surface area contributed by atoms with Gasteiger partial charge in [-0.3, -0.25) is 0 Å². The molecule has 0 aliphatic carbocycles. The lowest BCUT2D eigenvalue weighted by Gasteiger charge is -2.35. The van der Waals surface area contributed by atoms with Crippen molar-refractivity contribution in [3.05, 3.63) is 54.6 Å². The molecule has 1 aliphatic rings. The summed E-state index contributed by atoms with van der Waals surface area (Å²) in [5, 5.41) is 2.29. The van der Waals surface area contributed by atoms with Crippen LogP contribution in [-0.2, 0) is 10.0 Å². The molecular formula is C24H32Cl2N4O2S. The first kappa shape index (κ1) is 27.3. The van der Waals surface area contributed by atoms with Gasteiger partial charge in [-0.05, 0) is 36.6 Å². The van der Waals surface area contributed by atoms with E-state index in [0.29, 0.717) is 6.54 Å². The van der Waals surface area contributed by atoms with Gasteiger partial charge in [-0.2, -0.15) is 0 Å². The van der Waals surface area contributed by atoms with E-state index in [-0.39, 0.29) is 29.7 Å². The predicted octanol–water partition coefficient (Wildman–Crippen LogP) is 4.58. The minimum absolute atomic E-state index is 0. The maximum Gasteiger partial charge on any atom is 0.240 e. The van der Waals surface area contributed by atoms with Crippen LogP contribution in [0.3, 0.4) is 0 Å². The molecule has 1 saturated heterocycles. The van der Waals surface area contributed by atoms with E-state index < -0.39 is 10.0 Å². The Balaban J connectivity index is 0.00000193. The number of likely N-dealkylation sites (N-methyl/N-ethyl adjacent to an activating group) is 1. The molecule has 3 aromatic rings. The molecule has 33 heavy (non-hydrogen) atoms. The van der Waals surface area contributed by atoms with Crippen LogP contribution in [0.4, 0.5) is 5.82 Å². The zero-order chi connectivity index (χ0) is 21.8. The van der Waals surface area contributed by atoms with E-state index in [0.717, 1.165) is 67.0 Å². The molecule has 1 N–H and O–H groups in total. The molecule has 6 nitrogen and oxygen atoms in total. The van der Waals surface area contributed by atoms with E-state index in [9.17, 15) is 8.42 Å². The molecule has 1 fully saturated rings. The second-order valence-corrected chi connectivity index (χ2v) is 9.66. The number of aromatic nitrogens is 1. The number of benzene rings is 2. The molecule has 0 saturated carbocycles. The smallest absolute Gasteiger partial charge is 0.240 e. The summed E-state index contributed by atoms with van der Waals surface area (Å²) in [4.78, 5) is 10.1. The highest BCUT2D eigenvalue weighted by molar-refractivity contribution is 7.89. The fraction of sp³-hybridized carbons (Fsp3) is 0.375. The van der Waals surface area contributed by atoms with Crippen molar-refractivity contribution in [3.63, 3.8) is 0 Å². The maximum atomic E-state index is 12.4. The summed E-state index contributed by atoms with van der Waals surface area (Å²) >= 11 is 0. The predicted molar refractivity (Wildman–Crippen MR) is 141 cm³/mol. The van der Waals surface area contributed by atoms with Crippen molar-refractivity contribution < 1.29 is 8.42 Å². The molecule has 4 rings (SSSR count). The van der Waals surface area contributed by atoms with Crippen LogP contribution in [0.1, 0.15) is 20.3 Å². The van der Waals surface area contributed by atoms with Gasteiger partial charge < -0.3 is 9.80 Å². The van der Waals surface area contributed by atoms with Crippen LogP contribution in [0.2, 0.25) is 0 Å². The van der Waals surface area contributed by atoms with Crippen LogP contribution >= 0.6 is 24.8 Å². The lowest BCUT2D eigenvalue weighted by atomic mass is 10.1. The van der Waals surface area contributed by atoms with Gasteiger partial charge in [0.15, 0.2) is 0 Å². The lowest BCUT2D eigenvalue weighted by molar-refractivity contribution is 0.271. The Kier molecular flexibility index (Phi) is 9.94. The zero-order valence-corrected chi connectivity index (χ0v) is 21.5. The van der Waals surface area contributed by atoms with E-state index in [1.807, 2.05) is 25.1 Å². The van der Waals surface area contributed by atoms with E-state index in [1.165, 1.54) is 0 Å². The summed E-state index contributed by atoms with van der Waals surface area (Å²) in [6.07, 6.45) is 0.758. The van der Waals surface area contributed by atoms with Crippen LogP contribution in [0.5, 0.6) is 0 Å². The minimum atomic E-state index is -3.47. The Morgan fingerprint density at radius 3 is 2.24 bits per heavy atom. The first-order chi connectivity index (χ1) is 15.0. The standard InChI is InChI=1S/C24H30N4O2S.2ClH/c1-3-13-25-31(29,30)21-11-9-19(10-12-21)23-18-20-7-5-6-8-22(20)24(26-23)28-16-14-27(4-2)15-17-28;;/h5-12,18,25H,3-4,13-17H2,1-2H3;2*1H. The van der Waals surface area contributed by atoms with E-state index in [4.69, 9.17) is 4.98 Å². The Hall–Kier alpha value is -1.90. The Morgan fingerprint density at radius 2 is 1.61 bits per heavy atom. The monoisotopic (exact) mass is 510 g/mol. The number of hydrogen-bond acceptors (Lipinski definition) is 5. The summed E-state index contributed by atoms with van der Waals surface area (Å²) in [5.74, 6) is 1.00. The third kappa shape index (κ3) is 6.16. The third-order valence-corrected chi connectivity index (χ3v) is 7.32. The van der Waals surface area contributed by atoms with Gasteiger partial charge in [-0.15, -0.1) is 24.8 Å². The largest absolute Gasteiger partial charge is 0.354 e. The zero-order valence-electron chi connectivity index (χ0n) is 19.0. The topological polar surface area (TPSA) is 65.5 Å². The van der Waals surface area contributed by atoms with E-state index in [1.54, 1.807) is 12.1 Å². The van der Waals surface area contributed by atoms with Gasteiger partial charge in [0.05, 0.1) is 10.6 Å². The van der Waals surface area contributed by atoms with Crippen molar-refractivity contribution in [2.24, 2.45) is 0 Å². The van der Waals surface area contributed by atoms with Crippen LogP contribution in [-0.4, -0.2) is 57.6 Å².